The Balaban J connectivity index is 1.62. The minimum Gasteiger partial charge on any atom is -0.465 e. The lowest BCUT2D eigenvalue weighted by Crippen LogP contribution is -2.45. The molecule has 1 aromatic heterocycles. The molecule has 11 heteroatoms. The van der Waals surface area contributed by atoms with Crippen molar-refractivity contribution in [1.82, 2.24) is 4.72 Å². The average molecular weight is 563 g/mol. The van der Waals surface area contributed by atoms with E-state index in [4.69, 9.17) is 27.9 Å². The summed E-state index contributed by atoms with van der Waals surface area (Å²) in [6.07, 6.45) is 0.0945. The van der Waals surface area contributed by atoms with Crippen LogP contribution >= 0.6 is 34.5 Å². The summed E-state index contributed by atoms with van der Waals surface area (Å²) in [5.41, 5.74) is 1.20. The van der Waals surface area contributed by atoms with Crippen LogP contribution in [0.1, 0.15) is 15.2 Å². The first-order chi connectivity index (χ1) is 17.2. The van der Waals surface area contributed by atoms with E-state index in [1.165, 1.54) is 36.6 Å². The molecule has 1 amide bonds. The van der Waals surface area contributed by atoms with Crippen molar-refractivity contribution in [2.75, 3.05) is 12.4 Å². The normalized spacial score (nSPS) is 12.3. The maximum Gasteiger partial charge on any atom is 0.348 e. The van der Waals surface area contributed by atoms with Gasteiger partial charge >= 0.3 is 5.97 Å². The van der Waals surface area contributed by atoms with Crippen molar-refractivity contribution >= 4 is 72.2 Å². The van der Waals surface area contributed by atoms with E-state index < -0.39 is 27.9 Å². The number of anilines is 1. The molecule has 4 aromatic rings. The average Bonchev–Trinajstić information content (AvgIpc) is 3.28. The molecule has 2 N–H and O–H groups in total. The number of carbonyl (C=O) groups is 2. The third-order valence-corrected chi connectivity index (χ3v) is 8.53. The number of methoxy groups -OCH3 is 1. The highest BCUT2D eigenvalue weighted by molar-refractivity contribution is 7.89. The van der Waals surface area contributed by atoms with Crippen molar-refractivity contribution < 1.29 is 22.7 Å². The van der Waals surface area contributed by atoms with Gasteiger partial charge in [-0.3, -0.25) is 4.79 Å². The molecule has 0 saturated carbocycles. The Morgan fingerprint density at radius 3 is 2.47 bits per heavy atom. The zero-order valence-corrected chi connectivity index (χ0v) is 22.0. The summed E-state index contributed by atoms with van der Waals surface area (Å²) >= 11 is 13.4. The lowest BCUT2D eigenvalue weighted by atomic mass is 10.1. The number of benzene rings is 3. The largest absolute Gasteiger partial charge is 0.465 e. The molecule has 1 atom stereocenters. The number of sulfonamides is 1. The van der Waals surface area contributed by atoms with Crippen LogP contribution in [-0.2, 0) is 26.0 Å². The molecule has 0 aliphatic carbocycles. The molecule has 1 heterocycles. The van der Waals surface area contributed by atoms with Crippen LogP contribution in [0, 0.1) is 0 Å². The van der Waals surface area contributed by atoms with Gasteiger partial charge in [-0.15, -0.1) is 11.3 Å². The van der Waals surface area contributed by atoms with Crippen molar-refractivity contribution in [3.8, 4) is 0 Å². The molecular weight excluding hydrogens is 543 g/mol. The molecule has 36 heavy (non-hydrogen) atoms. The Labute approximate surface area is 222 Å². The van der Waals surface area contributed by atoms with Crippen LogP contribution < -0.4 is 10.0 Å². The van der Waals surface area contributed by atoms with Gasteiger partial charge in [-0.25, -0.2) is 13.2 Å². The Bertz CT molecular complexity index is 1540. The number of fused-ring (bicyclic) bond motifs is 1. The lowest BCUT2D eigenvalue weighted by molar-refractivity contribution is -0.117. The molecule has 186 valence electrons. The number of thiophene rings is 1. The van der Waals surface area contributed by atoms with Crippen molar-refractivity contribution in [3.63, 3.8) is 0 Å². The third kappa shape index (κ3) is 6.05. The van der Waals surface area contributed by atoms with E-state index in [-0.39, 0.29) is 21.4 Å². The highest BCUT2D eigenvalue weighted by Crippen LogP contribution is 2.29. The Morgan fingerprint density at radius 2 is 1.75 bits per heavy atom. The first kappa shape index (κ1) is 26.1. The summed E-state index contributed by atoms with van der Waals surface area (Å²) in [6, 6.07) is 18.8. The van der Waals surface area contributed by atoms with Crippen LogP contribution in [0.25, 0.3) is 10.1 Å². The molecule has 4 rings (SSSR count). The van der Waals surface area contributed by atoms with Gasteiger partial charge in [0.2, 0.25) is 15.9 Å². The smallest absolute Gasteiger partial charge is 0.348 e. The highest BCUT2D eigenvalue weighted by Gasteiger charge is 2.28. The van der Waals surface area contributed by atoms with Gasteiger partial charge in [0.1, 0.15) is 15.8 Å². The molecule has 0 bridgehead atoms. The maximum atomic E-state index is 13.3. The monoisotopic (exact) mass is 562 g/mol. The van der Waals surface area contributed by atoms with E-state index in [1.807, 2.05) is 6.07 Å². The van der Waals surface area contributed by atoms with Crippen LogP contribution in [0.5, 0.6) is 0 Å². The number of esters is 1. The molecule has 0 radical (unpaired) electrons. The van der Waals surface area contributed by atoms with Gasteiger partial charge in [0.25, 0.3) is 0 Å². The Morgan fingerprint density at radius 1 is 1.00 bits per heavy atom. The summed E-state index contributed by atoms with van der Waals surface area (Å²) in [6.45, 7) is 0. The van der Waals surface area contributed by atoms with Crippen LogP contribution in [0.3, 0.4) is 0 Å². The summed E-state index contributed by atoms with van der Waals surface area (Å²) in [5, 5.41) is 3.69. The van der Waals surface area contributed by atoms with E-state index in [2.05, 4.69) is 10.0 Å². The molecular formula is C25H20Cl2N2O5S2. The Hall–Kier alpha value is -2.95. The minimum atomic E-state index is -4.19. The van der Waals surface area contributed by atoms with Crippen LogP contribution in [-0.4, -0.2) is 33.4 Å². The number of nitrogens with one attached hydrogen (secondary N) is 2. The number of hydrogen-bond donors (Lipinski definition) is 2. The van der Waals surface area contributed by atoms with Crippen LogP contribution in [0.2, 0.25) is 10.0 Å². The summed E-state index contributed by atoms with van der Waals surface area (Å²) < 4.78 is 34.4. The molecule has 0 unspecified atom stereocenters. The number of halogens is 2. The van der Waals surface area contributed by atoms with Gasteiger partial charge in [-0.2, -0.15) is 4.72 Å². The Kier molecular flexibility index (Phi) is 7.97. The van der Waals surface area contributed by atoms with E-state index in [0.29, 0.717) is 10.6 Å². The maximum absolute atomic E-state index is 13.3. The summed E-state index contributed by atoms with van der Waals surface area (Å²) in [5.74, 6) is -1.01. The van der Waals surface area contributed by atoms with Crippen molar-refractivity contribution in [1.29, 1.82) is 0 Å². The topological polar surface area (TPSA) is 102 Å². The minimum absolute atomic E-state index is 0.0184. The standard InChI is InChI=1S/C25H20Cl2N2O5S2/c1-34-25(31)22-13-16-12-18(8-10-21(16)35-22)28-24(30)20(11-15-5-3-2-4-6-15)29-36(32,33)23-14-17(26)7-9-19(23)27/h2-10,12-14,20,29H,11H2,1H3,(H,28,30)/t20-/m1/s1. The van der Waals surface area contributed by atoms with Gasteiger partial charge < -0.3 is 10.1 Å². The molecule has 3 aromatic carbocycles. The zero-order valence-electron chi connectivity index (χ0n) is 18.8. The molecule has 0 aliphatic rings. The SMILES string of the molecule is COC(=O)c1cc2cc(NC(=O)[C@@H](Cc3ccccc3)NS(=O)(=O)c3cc(Cl)ccc3Cl)ccc2s1. The van der Waals surface area contributed by atoms with Crippen molar-refractivity contribution in [2.45, 2.75) is 17.4 Å². The van der Waals surface area contributed by atoms with E-state index in [9.17, 15) is 18.0 Å². The number of ether oxygens (including phenoxy) is 1. The van der Waals surface area contributed by atoms with Gasteiger partial charge in [0.05, 0.1) is 12.1 Å². The quantitative estimate of drug-likeness (QED) is 0.275. The second-order valence-electron chi connectivity index (χ2n) is 7.78. The fourth-order valence-electron chi connectivity index (χ4n) is 3.52. The predicted octanol–water partition coefficient (Wildman–Crippen LogP) is 5.52. The molecule has 7 nitrogen and oxygen atoms in total. The first-order valence-electron chi connectivity index (χ1n) is 10.6. The molecule has 0 saturated heterocycles. The van der Waals surface area contributed by atoms with Gasteiger partial charge in [0.15, 0.2) is 0 Å². The van der Waals surface area contributed by atoms with Gasteiger partial charge in [-0.1, -0.05) is 53.5 Å². The summed E-state index contributed by atoms with van der Waals surface area (Å²) in [7, 11) is -2.88. The molecule has 0 fully saturated rings. The number of carbonyl (C=O) groups excluding carboxylic acids is 2. The second kappa shape index (κ2) is 11.0. The van der Waals surface area contributed by atoms with Crippen molar-refractivity contribution in [2.24, 2.45) is 0 Å². The highest BCUT2D eigenvalue weighted by atomic mass is 35.5. The lowest BCUT2D eigenvalue weighted by Gasteiger charge is -2.19. The molecule has 0 aliphatic heterocycles. The first-order valence-corrected chi connectivity index (χ1v) is 13.7. The van der Waals surface area contributed by atoms with Crippen molar-refractivity contribution in [3.05, 3.63) is 93.3 Å². The van der Waals surface area contributed by atoms with Crippen LogP contribution in [0.4, 0.5) is 5.69 Å². The second-order valence-corrected chi connectivity index (χ2v) is 11.4. The van der Waals surface area contributed by atoms with E-state index in [0.717, 1.165) is 15.6 Å². The number of amides is 1. The van der Waals surface area contributed by atoms with Crippen LogP contribution in [0.15, 0.2) is 77.7 Å². The van der Waals surface area contributed by atoms with Gasteiger partial charge in [-0.05, 0) is 59.8 Å². The summed E-state index contributed by atoms with van der Waals surface area (Å²) in [4.78, 5) is 25.4. The van der Waals surface area contributed by atoms with E-state index in [1.54, 1.807) is 48.5 Å². The fourth-order valence-corrected chi connectivity index (χ4v) is 6.44. The fraction of sp³-hybridized carbons (Fsp3) is 0.120. The third-order valence-electron chi connectivity index (χ3n) is 5.25. The number of rotatable bonds is 8. The molecule has 0 spiro atoms. The van der Waals surface area contributed by atoms with Gasteiger partial charge in [0, 0.05) is 15.4 Å². The predicted molar refractivity (Wildman–Crippen MR) is 143 cm³/mol. The van der Waals surface area contributed by atoms with E-state index >= 15 is 0 Å². The zero-order chi connectivity index (χ0) is 25.9. The number of hydrogen-bond acceptors (Lipinski definition) is 6.